The number of fused-ring (bicyclic) bond motifs is 1. The van der Waals surface area contributed by atoms with Crippen LogP contribution in [-0.4, -0.2) is 56.3 Å². The number of piperazine rings is 1. The van der Waals surface area contributed by atoms with Crippen LogP contribution < -0.4 is 4.90 Å². The fourth-order valence-corrected chi connectivity index (χ4v) is 5.90. The Morgan fingerprint density at radius 1 is 0.861 bits per heavy atom. The number of aromatic nitrogens is 5. The summed E-state index contributed by atoms with van der Waals surface area (Å²) in [7, 11) is 0. The van der Waals surface area contributed by atoms with Crippen molar-refractivity contribution in [2.45, 2.75) is 25.9 Å². The molecule has 36 heavy (non-hydrogen) atoms. The van der Waals surface area contributed by atoms with E-state index in [1.807, 2.05) is 10.7 Å². The quantitative estimate of drug-likeness (QED) is 0.325. The number of hydrogen-bond donors (Lipinski definition) is 0. The van der Waals surface area contributed by atoms with Crippen molar-refractivity contribution in [1.29, 1.82) is 0 Å². The minimum absolute atomic E-state index is 0.00823. The number of thiazole rings is 1. The highest BCUT2D eigenvalue weighted by molar-refractivity contribution is 7.22. The number of rotatable bonds is 7. The van der Waals surface area contributed by atoms with Crippen LogP contribution in [0.2, 0.25) is 0 Å². The molecule has 3 aromatic carbocycles. The van der Waals surface area contributed by atoms with Crippen LogP contribution >= 0.6 is 11.3 Å². The van der Waals surface area contributed by atoms with Crippen LogP contribution in [0.25, 0.3) is 10.2 Å². The molecule has 7 nitrogen and oxygen atoms in total. The van der Waals surface area contributed by atoms with Crippen molar-refractivity contribution in [3.63, 3.8) is 0 Å². The van der Waals surface area contributed by atoms with E-state index in [1.54, 1.807) is 11.3 Å². The number of para-hydroxylation sites is 1. The van der Waals surface area contributed by atoms with Crippen LogP contribution in [0.1, 0.15) is 28.6 Å². The molecule has 5 aromatic rings. The van der Waals surface area contributed by atoms with E-state index in [-0.39, 0.29) is 6.04 Å². The molecule has 1 atom stereocenters. The smallest absolute Gasteiger partial charge is 0.186 e. The lowest BCUT2D eigenvalue weighted by Gasteiger charge is -2.38. The molecule has 2 aromatic heterocycles. The van der Waals surface area contributed by atoms with Gasteiger partial charge in [-0.1, -0.05) is 83.6 Å². The topological polar surface area (TPSA) is 63.0 Å². The fourth-order valence-electron chi connectivity index (χ4n) is 4.88. The average molecular weight is 496 g/mol. The van der Waals surface area contributed by atoms with Crippen LogP contribution in [0, 0.1) is 6.92 Å². The monoisotopic (exact) mass is 495 g/mol. The van der Waals surface area contributed by atoms with E-state index < -0.39 is 0 Å². The van der Waals surface area contributed by atoms with Gasteiger partial charge in [-0.25, -0.2) is 9.67 Å². The van der Waals surface area contributed by atoms with E-state index in [1.165, 1.54) is 21.4 Å². The second-order valence-electron chi connectivity index (χ2n) is 9.30. The highest BCUT2D eigenvalue weighted by Crippen LogP contribution is 2.32. The van der Waals surface area contributed by atoms with Gasteiger partial charge in [-0.3, -0.25) is 4.90 Å². The first-order valence-corrected chi connectivity index (χ1v) is 13.3. The maximum atomic E-state index is 4.88. The van der Waals surface area contributed by atoms with Crippen LogP contribution in [0.3, 0.4) is 0 Å². The van der Waals surface area contributed by atoms with Crippen molar-refractivity contribution in [2.75, 3.05) is 31.1 Å². The summed E-state index contributed by atoms with van der Waals surface area (Å²) >= 11 is 1.78. The molecule has 0 N–H and O–H groups in total. The maximum Gasteiger partial charge on any atom is 0.186 e. The number of hydrogen-bond acceptors (Lipinski definition) is 7. The summed E-state index contributed by atoms with van der Waals surface area (Å²) in [6.45, 7) is 6.56. The SMILES string of the molecule is Cc1ccc(C(c2nnnn2CCc2ccccc2)N2CCN(c3nc4ccccc4s3)CC2)cc1. The van der Waals surface area contributed by atoms with Crippen molar-refractivity contribution in [3.05, 3.63) is 101 Å². The predicted octanol–water partition coefficient (Wildman–Crippen LogP) is 4.75. The van der Waals surface area contributed by atoms with Crippen molar-refractivity contribution in [1.82, 2.24) is 30.1 Å². The lowest BCUT2D eigenvalue weighted by molar-refractivity contribution is 0.200. The highest BCUT2D eigenvalue weighted by atomic mass is 32.1. The molecule has 1 fully saturated rings. The third kappa shape index (κ3) is 4.74. The van der Waals surface area contributed by atoms with Gasteiger partial charge in [0.25, 0.3) is 0 Å². The van der Waals surface area contributed by atoms with Crippen LogP contribution in [-0.2, 0) is 13.0 Å². The molecule has 6 rings (SSSR count). The van der Waals surface area contributed by atoms with Crippen molar-refractivity contribution >= 4 is 26.7 Å². The first kappa shape index (κ1) is 22.8. The largest absolute Gasteiger partial charge is 0.345 e. The minimum atomic E-state index is 0.00823. The second-order valence-corrected chi connectivity index (χ2v) is 10.3. The Kier molecular flexibility index (Phi) is 6.44. The molecule has 0 aliphatic carbocycles. The van der Waals surface area contributed by atoms with Gasteiger partial charge in [0.15, 0.2) is 11.0 Å². The van der Waals surface area contributed by atoms with E-state index in [2.05, 4.69) is 105 Å². The summed E-state index contributed by atoms with van der Waals surface area (Å²) in [5, 5.41) is 14.1. The van der Waals surface area contributed by atoms with E-state index in [4.69, 9.17) is 4.98 Å². The van der Waals surface area contributed by atoms with Crippen LogP contribution in [0.5, 0.6) is 0 Å². The summed E-state index contributed by atoms with van der Waals surface area (Å²) in [4.78, 5) is 9.80. The number of aryl methyl sites for hydroxylation is 3. The lowest BCUT2D eigenvalue weighted by atomic mass is 10.0. The number of nitrogens with zero attached hydrogens (tertiary/aromatic N) is 7. The van der Waals surface area contributed by atoms with Gasteiger partial charge in [0.2, 0.25) is 0 Å². The standard InChI is InChI=1S/C28H29N7S/c1-21-11-13-23(14-12-21)26(27-30-31-32-35(27)16-15-22-7-3-2-4-8-22)33-17-19-34(20-18-33)28-29-24-9-5-6-10-25(24)36-28/h2-14,26H,15-20H2,1H3. The Hall–Kier alpha value is -3.62. The van der Waals surface area contributed by atoms with Crippen LogP contribution in [0.4, 0.5) is 5.13 Å². The summed E-state index contributed by atoms with van der Waals surface area (Å²) in [6.07, 6.45) is 0.894. The summed E-state index contributed by atoms with van der Waals surface area (Å²) in [5.41, 5.74) is 4.84. The molecule has 8 heteroatoms. The third-order valence-corrected chi connectivity index (χ3v) is 7.98. The number of tetrazole rings is 1. The van der Waals surface area contributed by atoms with Gasteiger partial charge in [-0.2, -0.15) is 0 Å². The van der Waals surface area contributed by atoms with Crippen molar-refractivity contribution in [3.8, 4) is 0 Å². The Bertz CT molecular complexity index is 1390. The number of benzene rings is 3. The molecule has 1 aliphatic rings. The summed E-state index contributed by atoms with van der Waals surface area (Å²) in [6, 6.07) is 27.7. The molecule has 182 valence electrons. The molecule has 0 saturated carbocycles. The van der Waals surface area contributed by atoms with E-state index >= 15 is 0 Å². The van der Waals surface area contributed by atoms with Crippen molar-refractivity contribution in [2.24, 2.45) is 0 Å². The Morgan fingerprint density at radius 3 is 2.39 bits per heavy atom. The van der Waals surface area contributed by atoms with Gasteiger partial charge in [-0.05, 0) is 47.0 Å². The molecule has 1 saturated heterocycles. The van der Waals surface area contributed by atoms with Gasteiger partial charge in [-0.15, -0.1) is 5.10 Å². The summed E-state index contributed by atoms with van der Waals surface area (Å²) < 4.78 is 3.22. The first-order valence-electron chi connectivity index (χ1n) is 12.5. The Morgan fingerprint density at radius 2 is 1.61 bits per heavy atom. The van der Waals surface area contributed by atoms with Gasteiger partial charge >= 0.3 is 0 Å². The Labute approximate surface area is 215 Å². The molecule has 1 aliphatic heterocycles. The highest BCUT2D eigenvalue weighted by Gasteiger charge is 2.31. The molecule has 0 amide bonds. The zero-order valence-corrected chi connectivity index (χ0v) is 21.2. The molecule has 3 heterocycles. The van der Waals surface area contributed by atoms with Gasteiger partial charge in [0.1, 0.15) is 0 Å². The first-order chi connectivity index (χ1) is 17.7. The fraction of sp³-hybridized carbons (Fsp3) is 0.286. The van der Waals surface area contributed by atoms with E-state index in [0.29, 0.717) is 0 Å². The molecular formula is C28H29N7S. The third-order valence-electron chi connectivity index (χ3n) is 6.88. The van der Waals surface area contributed by atoms with Crippen LogP contribution in [0.15, 0.2) is 78.9 Å². The minimum Gasteiger partial charge on any atom is -0.345 e. The zero-order chi connectivity index (χ0) is 24.3. The predicted molar refractivity (Wildman–Crippen MR) is 144 cm³/mol. The number of anilines is 1. The van der Waals surface area contributed by atoms with Gasteiger partial charge in [0, 0.05) is 32.7 Å². The lowest BCUT2D eigenvalue weighted by Crippen LogP contribution is -2.48. The molecular weight excluding hydrogens is 466 g/mol. The van der Waals surface area contributed by atoms with E-state index in [0.717, 1.165) is 55.6 Å². The summed E-state index contributed by atoms with van der Waals surface area (Å²) in [5.74, 6) is 0.906. The molecule has 1 unspecified atom stereocenters. The normalized spacial score (nSPS) is 15.4. The Balaban J connectivity index is 1.24. The molecule has 0 radical (unpaired) electrons. The van der Waals surface area contributed by atoms with Gasteiger partial charge in [0.05, 0.1) is 16.3 Å². The molecule has 0 spiro atoms. The molecule has 0 bridgehead atoms. The van der Waals surface area contributed by atoms with Gasteiger partial charge < -0.3 is 4.90 Å². The van der Waals surface area contributed by atoms with Crippen molar-refractivity contribution < 1.29 is 0 Å². The average Bonchev–Trinajstić information content (AvgIpc) is 3.57. The maximum absolute atomic E-state index is 4.88. The zero-order valence-electron chi connectivity index (χ0n) is 20.4. The second kappa shape index (κ2) is 10.2. The van der Waals surface area contributed by atoms with E-state index in [9.17, 15) is 0 Å².